The molecule has 2 rings (SSSR count). The monoisotopic (exact) mass is 337 g/mol. The molecule has 0 radical (unpaired) electrons. The first-order valence-corrected chi connectivity index (χ1v) is 7.47. The lowest BCUT2D eigenvalue weighted by Gasteiger charge is -2.10. The van der Waals surface area contributed by atoms with Crippen molar-refractivity contribution < 1.29 is 22.7 Å². The highest BCUT2D eigenvalue weighted by molar-refractivity contribution is 5.77. The van der Waals surface area contributed by atoms with Crippen LogP contribution in [0.3, 0.4) is 0 Å². The minimum atomic E-state index is -4.33. The van der Waals surface area contributed by atoms with Crippen molar-refractivity contribution in [3.63, 3.8) is 0 Å². The Bertz CT molecular complexity index is 681. The molecule has 1 N–H and O–H groups in total. The van der Waals surface area contributed by atoms with Crippen LogP contribution in [-0.2, 0) is 17.4 Å². The minimum absolute atomic E-state index is 0.0993. The highest BCUT2D eigenvalue weighted by Gasteiger charge is 2.29. The summed E-state index contributed by atoms with van der Waals surface area (Å²) < 4.78 is 42.8. The van der Waals surface area contributed by atoms with Crippen molar-refractivity contribution in [1.29, 1.82) is 0 Å². The largest absolute Gasteiger partial charge is 0.484 e. The second kappa shape index (κ2) is 7.86. The van der Waals surface area contributed by atoms with Crippen LogP contribution in [0.5, 0.6) is 5.75 Å². The Labute approximate surface area is 138 Å². The Morgan fingerprint density at radius 3 is 2.38 bits per heavy atom. The molecule has 3 nitrogen and oxygen atoms in total. The van der Waals surface area contributed by atoms with E-state index >= 15 is 0 Å². The number of rotatable bonds is 6. The standard InChI is InChI=1S/C18H18F3NO2/c1-13-4-2-3-5-16(13)24-12-17(23)22-11-10-14-6-8-15(9-7-14)18(19,20)21/h2-9H,10-12H2,1H3,(H,22,23). The Kier molecular flexibility index (Phi) is 5.84. The lowest BCUT2D eigenvalue weighted by atomic mass is 10.1. The van der Waals surface area contributed by atoms with Gasteiger partial charge in [-0.2, -0.15) is 13.2 Å². The molecule has 0 spiro atoms. The number of ether oxygens (including phenoxy) is 1. The molecule has 0 fully saturated rings. The van der Waals surface area contributed by atoms with Crippen molar-refractivity contribution in [3.8, 4) is 5.75 Å². The van der Waals surface area contributed by atoms with E-state index in [1.807, 2.05) is 25.1 Å². The quantitative estimate of drug-likeness (QED) is 0.872. The van der Waals surface area contributed by atoms with E-state index in [0.717, 1.165) is 23.3 Å². The molecule has 6 heteroatoms. The summed E-state index contributed by atoms with van der Waals surface area (Å²) in [7, 11) is 0. The predicted molar refractivity (Wildman–Crippen MR) is 84.8 cm³/mol. The van der Waals surface area contributed by atoms with E-state index in [2.05, 4.69) is 5.32 Å². The lowest BCUT2D eigenvalue weighted by molar-refractivity contribution is -0.137. The average molecular weight is 337 g/mol. The van der Waals surface area contributed by atoms with E-state index in [1.165, 1.54) is 12.1 Å². The van der Waals surface area contributed by atoms with Crippen molar-refractivity contribution in [2.24, 2.45) is 0 Å². The SMILES string of the molecule is Cc1ccccc1OCC(=O)NCCc1ccc(C(F)(F)F)cc1. The molecule has 2 aromatic rings. The van der Waals surface area contributed by atoms with Crippen LogP contribution in [0.15, 0.2) is 48.5 Å². The maximum absolute atomic E-state index is 12.5. The zero-order chi connectivity index (χ0) is 17.6. The molecule has 0 aliphatic heterocycles. The van der Waals surface area contributed by atoms with Gasteiger partial charge in [-0.15, -0.1) is 0 Å². The molecular weight excluding hydrogens is 319 g/mol. The van der Waals surface area contributed by atoms with Gasteiger partial charge in [-0.3, -0.25) is 4.79 Å². The Morgan fingerprint density at radius 1 is 1.08 bits per heavy atom. The number of nitrogens with one attached hydrogen (secondary N) is 1. The van der Waals surface area contributed by atoms with E-state index in [1.54, 1.807) is 6.07 Å². The molecule has 0 aromatic heterocycles. The van der Waals surface area contributed by atoms with Crippen molar-refractivity contribution in [2.75, 3.05) is 13.2 Å². The summed E-state index contributed by atoms with van der Waals surface area (Å²) in [6, 6.07) is 12.3. The van der Waals surface area contributed by atoms with Gasteiger partial charge in [0.15, 0.2) is 6.61 Å². The number of carbonyl (C=O) groups excluding carboxylic acids is 1. The highest BCUT2D eigenvalue weighted by Crippen LogP contribution is 2.29. The predicted octanol–water partition coefficient (Wildman–Crippen LogP) is 3.75. The van der Waals surface area contributed by atoms with Gasteiger partial charge in [0.05, 0.1) is 5.56 Å². The first kappa shape index (κ1) is 17.8. The van der Waals surface area contributed by atoms with Gasteiger partial charge in [0.2, 0.25) is 0 Å². The second-order valence-electron chi connectivity index (χ2n) is 5.35. The van der Waals surface area contributed by atoms with Gasteiger partial charge in [0, 0.05) is 6.54 Å². The molecule has 0 bridgehead atoms. The maximum atomic E-state index is 12.5. The van der Waals surface area contributed by atoms with Gasteiger partial charge in [-0.25, -0.2) is 0 Å². The summed E-state index contributed by atoms with van der Waals surface area (Å²) in [4.78, 5) is 11.7. The van der Waals surface area contributed by atoms with Crippen molar-refractivity contribution in [1.82, 2.24) is 5.32 Å². The van der Waals surface area contributed by atoms with Gasteiger partial charge in [-0.05, 0) is 42.7 Å². The molecule has 2 aromatic carbocycles. The van der Waals surface area contributed by atoms with E-state index in [-0.39, 0.29) is 12.5 Å². The molecule has 0 heterocycles. The van der Waals surface area contributed by atoms with Crippen LogP contribution in [0.4, 0.5) is 13.2 Å². The fourth-order valence-corrected chi connectivity index (χ4v) is 2.12. The van der Waals surface area contributed by atoms with Crippen molar-refractivity contribution >= 4 is 5.91 Å². The molecule has 128 valence electrons. The Balaban J connectivity index is 1.74. The van der Waals surface area contributed by atoms with E-state index in [4.69, 9.17) is 4.74 Å². The van der Waals surface area contributed by atoms with Gasteiger partial charge in [0.25, 0.3) is 5.91 Å². The first-order valence-electron chi connectivity index (χ1n) is 7.47. The zero-order valence-corrected chi connectivity index (χ0v) is 13.2. The zero-order valence-electron chi connectivity index (χ0n) is 13.2. The van der Waals surface area contributed by atoms with Crippen molar-refractivity contribution in [2.45, 2.75) is 19.5 Å². The Morgan fingerprint density at radius 2 is 1.75 bits per heavy atom. The van der Waals surface area contributed by atoms with Crippen LogP contribution in [0, 0.1) is 6.92 Å². The number of para-hydroxylation sites is 1. The Hall–Kier alpha value is -2.50. The second-order valence-corrected chi connectivity index (χ2v) is 5.35. The lowest BCUT2D eigenvalue weighted by Crippen LogP contribution is -2.30. The number of carbonyl (C=O) groups is 1. The maximum Gasteiger partial charge on any atom is 0.416 e. The number of benzene rings is 2. The average Bonchev–Trinajstić information content (AvgIpc) is 2.54. The number of alkyl halides is 3. The van der Waals surface area contributed by atoms with E-state index in [0.29, 0.717) is 18.7 Å². The van der Waals surface area contributed by atoms with Crippen LogP contribution in [0.25, 0.3) is 0 Å². The number of halogens is 3. The highest BCUT2D eigenvalue weighted by atomic mass is 19.4. The van der Waals surface area contributed by atoms with E-state index in [9.17, 15) is 18.0 Å². The van der Waals surface area contributed by atoms with Crippen LogP contribution in [0.1, 0.15) is 16.7 Å². The summed E-state index contributed by atoms with van der Waals surface area (Å²) in [5.74, 6) is 0.376. The van der Waals surface area contributed by atoms with Gasteiger partial charge in [0.1, 0.15) is 5.75 Å². The molecule has 1 amide bonds. The molecule has 24 heavy (non-hydrogen) atoms. The third-order valence-corrected chi connectivity index (χ3v) is 3.47. The molecule has 0 saturated heterocycles. The molecule has 0 aliphatic carbocycles. The van der Waals surface area contributed by atoms with Crippen LogP contribution in [-0.4, -0.2) is 19.1 Å². The van der Waals surface area contributed by atoms with Crippen molar-refractivity contribution in [3.05, 3.63) is 65.2 Å². The van der Waals surface area contributed by atoms with Gasteiger partial charge < -0.3 is 10.1 Å². The van der Waals surface area contributed by atoms with Crippen LogP contribution < -0.4 is 10.1 Å². The third-order valence-electron chi connectivity index (χ3n) is 3.47. The molecule has 0 aliphatic rings. The normalized spacial score (nSPS) is 11.2. The number of amides is 1. The third kappa shape index (κ3) is 5.30. The number of aryl methyl sites for hydroxylation is 1. The summed E-state index contributed by atoms with van der Waals surface area (Å²) in [6.45, 7) is 2.12. The molecule has 0 saturated carbocycles. The topological polar surface area (TPSA) is 38.3 Å². The van der Waals surface area contributed by atoms with E-state index < -0.39 is 11.7 Å². The minimum Gasteiger partial charge on any atom is -0.484 e. The smallest absolute Gasteiger partial charge is 0.416 e. The van der Waals surface area contributed by atoms with Gasteiger partial charge in [-0.1, -0.05) is 30.3 Å². The summed E-state index contributed by atoms with van der Waals surface area (Å²) >= 11 is 0. The fourth-order valence-electron chi connectivity index (χ4n) is 2.12. The van der Waals surface area contributed by atoms with Gasteiger partial charge >= 0.3 is 6.18 Å². The number of hydrogen-bond acceptors (Lipinski definition) is 2. The first-order chi connectivity index (χ1) is 11.4. The summed E-state index contributed by atoms with van der Waals surface area (Å²) in [5, 5.41) is 2.68. The van der Waals surface area contributed by atoms with Crippen LogP contribution >= 0.6 is 0 Å². The molecular formula is C18H18F3NO2. The van der Waals surface area contributed by atoms with Crippen LogP contribution in [0.2, 0.25) is 0 Å². The number of hydrogen-bond donors (Lipinski definition) is 1. The summed E-state index contributed by atoms with van der Waals surface area (Å²) in [6.07, 6.45) is -3.88. The molecule has 0 unspecified atom stereocenters. The molecule has 0 atom stereocenters. The fraction of sp³-hybridized carbons (Fsp3) is 0.278. The summed E-state index contributed by atoms with van der Waals surface area (Å²) in [5.41, 5.74) is 0.986.